The van der Waals surface area contributed by atoms with Crippen molar-refractivity contribution in [3.05, 3.63) is 12.3 Å². The highest BCUT2D eigenvalue weighted by atomic mass is 16.8. The van der Waals surface area contributed by atoms with Crippen LogP contribution in [0.4, 0.5) is 4.79 Å². The van der Waals surface area contributed by atoms with Crippen LogP contribution in [0, 0.1) is 0 Å². The molecule has 0 atom stereocenters. The molecule has 0 saturated carbocycles. The second kappa shape index (κ2) is 4.83. The van der Waals surface area contributed by atoms with E-state index in [1.165, 1.54) is 6.08 Å². The zero-order chi connectivity index (χ0) is 7.98. The fraction of sp³-hybridized carbons (Fsp3) is 0.250. The quantitative estimate of drug-likeness (QED) is 0.316. The van der Waals surface area contributed by atoms with Gasteiger partial charge in [0.15, 0.2) is 0 Å². The number of rotatable bonds is 2. The topological polar surface area (TPSA) is 76.0 Å². The van der Waals surface area contributed by atoms with Crippen molar-refractivity contribution in [3.63, 3.8) is 0 Å². The van der Waals surface area contributed by atoms with E-state index < -0.39 is 13.5 Å². The summed E-state index contributed by atoms with van der Waals surface area (Å²) < 4.78 is 7.89. The van der Waals surface area contributed by atoms with Crippen molar-refractivity contribution in [2.75, 3.05) is 0 Å². The fourth-order valence-corrected chi connectivity index (χ4v) is 0.237. The smallest absolute Gasteiger partial charge is 0.452 e. The highest BCUT2D eigenvalue weighted by Crippen LogP contribution is 1.86. The lowest BCUT2D eigenvalue weighted by Gasteiger charge is -1.98. The Balaban J connectivity index is 3.44. The summed E-state index contributed by atoms with van der Waals surface area (Å²) >= 11 is 0. The molecule has 5 nitrogen and oxygen atoms in total. The van der Waals surface area contributed by atoms with Crippen molar-refractivity contribution in [1.82, 2.24) is 0 Å². The zero-order valence-electron chi connectivity index (χ0n) is 5.35. The molecule has 0 saturated heterocycles. The van der Waals surface area contributed by atoms with Gasteiger partial charge in [0.1, 0.15) is 0 Å². The van der Waals surface area contributed by atoms with Crippen LogP contribution in [-0.4, -0.2) is 23.5 Å². The lowest BCUT2D eigenvalue weighted by atomic mass is 10.3. The molecular formula is C4H7BO5. The SMILES string of the molecule is CC=COC(=O)OB(O)O. The normalized spacial score (nSPS) is 9.50. The first-order valence-electron chi connectivity index (χ1n) is 2.51. The molecule has 0 aliphatic carbocycles. The summed E-state index contributed by atoms with van der Waals surface area (Å²) in [5, 5.41) is 16.1. The van der Waals surface area contributed by atoms with Crippen LogP contribution in [0.15, 0.2) is 12.3 Å². The van der Waals surface area contributed by atoms with E-state index >= 15 is 0 Å². The van der Waals surface area contributed by atoms with Crippen molar-refractivity contribution in [2.45, 2.75) is 6.92 Å². The van der Waals surface area contributed by atoms with Crippen LogP contribution in [0.2, 0.25) is 0 Å². The largest absolute Gasteiger partial charge is 0.711 e. The van der Waals surface area contributed by atoms with Gasteiger partial charge in [-0.3, -0.25) is 0 Å². The molecule has 0 spiro atoms. The van der Waals surface area contributed by atoms with Crippen LogP contribution in [0.25, 0.3) is 0 Å². The average Bonchev–Trinajstić information content (AvgIpc) is 1.82. The maximum atomic E-state index is 10.2. The predicted octanol–water partition coefficient (Wildman–Crippen LogP) is -0.357. The fourth-order valence-electron chi connectivity index (χ4n) is 0.237. The summed E-state index contributed by atoms with van der Waals surface area (Å²) in [5.74, 6) is 0. The second-order valence-corrected chi connectivity index (χ2v) is 1.28. The van der Waals surface area contributed by atoms with Crippen LogP contribution in [0.5, 0.6) is 0 Å². The average molecular weight is 146 g/mol. The van der Waals surface area contributed by atoms with Gasteiger partial charge in [-0.2, -0.15) is 0 Å². The van der Waals surface area contributed by atoms with Crippen LogP contribution < -0.4 is 0 Å². The van der Waals surface area contributed by atoms with Gasteiger partial charge in [-0.25, -0.2) is 4.79 Å². The highest BCUT2D eigenvalue weighted by Gasteiger charge is 2.15. The number of carbonyl (C=O) groups excluding carboxylic acids is 1. The number of carbonyl (C=O) groups is 1. The van der Waals surface area contributed by atoms with Gasteiger partial charge in [0.05, 0.1) is 6.26 Å². The molecule has 0 aromatic carbocycles. The monoisotopic (exact) mass is 146 g/mol. The molecule has 0 rings (SSSR count). The van der Waals surface area contributed by atoms with Crippen molar-refractivity contribution >= 4 is 13.5 Å². The van der Waals surface area contributed by atoms with Gasteiger partial charge in [0.25, 0.3) is 0 Å². The Bertz CT molecular complexity index is 132. The summed E-state index contributed by atoms with van der Waals surface area (Å²) in [7, 11) is -2.13. The molecule has 0 bridgehead atoms. The molecular weight excluding hydrogens is 139 g/mol. The molecule has 0 amide bonds. The van der Waals surface area contributed by atoms with Gasteiger partial charge < -0.3 is 19.4 Å². The Morgan fingerprint density at radius 1 is 1.60 bits per heavy atom. The number of allylic oxidation sites excluding steroid dienone is 1. The second-order valence-electron chi connectivity index (χ2n) is 1.28. The number of ether oxygens (including phenoxy) is 1. The Kier molecular flexibility index (Phi) is 4.35. The Hall–Kier alpha value is -1.01. The molecule has 56 valence electrons. The number of hydrogen-bond donors (Lipinski definition) is 2. The molecule has 0 aromatic heterocycles. The van der Waals surface area contributed by atoms with Crippen molar-refractivity contribution in [1.29, 1.82) is 0 Å². The minimum Gasteiger partial charge on any atom is -0.452 e. The van der Waals surface area contributed by atoms with Crippen molar-refractivity contribution < 1.29 is 24.2 Å². The van der Waals surface area contributed by atoms with E-state index in [2.05, 4.69) is 9.39 Å². The van der Waals surface area contributed by atoms with E-state index in [0.717, 1.165) is 6.26 Å². The molecule has 10 heavy (non-hydrogen) atoms. The summed E-state index contributed by atoms with van der Waals surface area (Å²) in [6, 6.07) is 0. The van der Waals surface area contributed by atoms with Crippen LogP contribution in [-0.2, 0) is 9.39 Å². The number of hydrogen-bond acceptors (Lipinski definition) is 5. The molecule has 0 unspecified atom stereocenters. The minimum absolute atomic E-state index is 1.06. The molecule has 2 N–H and O–H groups in total. The molecule has 0 aromatic rings. The van der Waals surface area contributed by atoms with E-state index in [1.54, 1.807) is 6.92 Å². The van der Waals surface area contributed by atoms with E-state index in [4.69, 9.17) is 10.0 Å². The zero-order valence-corrected chi connectivity index (χ0v) is 5.35. The van der Waals surface area contributed by atoms with Crippen molar-refractivity contribution in [3.8, 4) is 0 Å². The van der Waals surface area contributed by atoms with E-state index in [1.807, 2.05) is 0 Å². The first kappa shape index (κ1) is 8.99. The summed E-state index contributed by atoms with van der Waals surface area (Å²) in [4.78, 5) is 10.2. The molecule has 6 heteroatoms. The van der Waals surface area contributed by atoms with E-state index in [-0.39, 0.29) is 0 Å². The first-order chi connectivity index (χ1) is 4.66. The van der Waals surface area contributed by atoms with E-state index in [0.29, 0.717) is 0 Å². The minimum atomic E-state index is -2.13. The Morgan fingerprint density at radius 2 is 2.20 bits per heavy atom. The van der Waals surface area contributed by atoms with Gasteiger partial charge in [-0.1, -0.05) is 6.08 Å². The standard InChI is InChI=1S/C4H7BO5/c1-2-3-9-4(6)10-5(7)8/h2-3,7-8H,1H3. The summed E-state index contributed by atoms with van der Waals surface area (Å²) in [6.45, 7) is 1.63. The molecule has 0 aliphatic rings. The molecule has 0 fully saturated rings. The Morgan fingerprint density at radius 3 is 2.60 bits per heavy atom. The van der Waals surface area contributed by atoms with Gasteiger partial charge in [0.2, 0.25) is 0 Å². The first-order valence-corrected chi connectivity index (χ1v) is 2.51. The third-order valence-electron chi connectivity index (χ3n) is 0.502. The van der Waals surface area contributed by atoms with Crippen LogP contribution >= 0.6 is 0 Å². The van der Waals surface area contributed by atoms with Crippen LogP contribution in [0.1, 0.15) is 6.92 Å². The maximum absolute atomic E-state index is 10.2. The van der Waals surface area contributed by atoms with Gasteiger partial charge in [-0.05, 0) is 6.92 Å². The third kappa shape index (κ3) is 5.14. The predicted molar refractivity (Wildman–Crippen MR) is 32.6 cm³/mol. The lowest BCUT2D eigenvalue weighted by Crippen LogP contribution is -2.21. The van der Waals surface area contributed by atoms with Gasteiger partial charge in [-0.15, -0.1) is 0 Å². The van der Waals surface area contributed by atoms with Gasteiger partial charge >= 0.3 is 13.5 Å². The lowest BCUT2D eigenvalue weighted by molar-refractivity contribution is 0.112. The van der Waals surface area contributed by atoms with Crippen LogP contribution in [0.3, 0.4) is 0 Å². The van der Waals surface area contributed by atoms with Crippen molar-refractivity contribution in [2.24, 2.45) is 0 Å². The third-order valence-corrected chi connectivity index (χ3v) is 0.502. The molecule has 0 radical (unpaired) electrons. The summed E-state index contributed by atoms with van der Waals surface area (Å²) in [5.41, 5.74) is 0. The van der Waals surface area contributed by atoms with Gasteiger partial charge in [0, 0.05) is 0 Å². The summed E-state index contributed by atoms with van der Waals surface area (Å²) in [6.07, 6.45) is 1.35. The Labute approximate surface area is 58.0 Å². The molecule has 0 heterocycles. The maximum Gasteiger partial charge on any atom is 0.711 e. The molecule has 0 aliphatic heterocycles. The highest BCUT2D eigenvalue weighted by molar-refractivity contribution is 6.35. The van der Waals surface area contributed by atoms with E-state index in [9.17, 15) is 4.79 Å².